The highest BCUT2D eigenvalue weighted by Crippen LogP contribution is 2.21. The van der Waals surface area contributed by atoms with Crippen molar-refractivity contribution in [2.24, 2.45) is 0 Å². The molecular weight excluding hydrogens is 459 g/mol. The molecule has 0 aliphatic carbocycles. The number of rotatable bonds is 8. The van der Waals surface area contributed by atoms with Crippen LogP contribution < -0.4 is 14.8 Å². The molecule has 3 aromatic carbocycles. The first kappa shape index (κ1) is 23.1. The highest BCUT2D eigenvalue weighted by atomic mass is 32.2. The van der Waals surface area contributed by atoms with Crippen molar-refractivity contribution in [2.45, 2.75) is 18.4 Å². The van der Waals surface area contributed by atoms with Crippen LogP contribution in [0, 0.1) is 12.7 Å². The summed E-state index contributed by atoms with van der Waals surface area (Å²) < 4.78 is 51.8. The van der Waals surface area contributed by atoms with E-state index in [0.717, 1.165) is 5.56 Å². The fourth-order valence-electron chi connectivity index (χ4n) is 3.06. The highest BCUT2D eigenvalue weighted by Gasteiger charge is 2.16. The van der Waals surface area contributed by atoms with Gasteiger partial charge in [0.25, 0.3) is 15.9 Å². The molecule has 2 N–H and O–H groups in total. The van der Waals surface area contributed by atoms with Gasteiger partial charge in [-0.3, -0.25) is 9.52 Å². The van der Waals surface area contributed by atoms with Crippen LogP contribution in [0.25, 0.3) is 0 Å². The summed E-state index contributed by atoms with van der Waals surface area (Å²) in [5, 5.41) is 2.66. The average Bonchev–Trinajstić information content (AvgIpc) is 3.30. The fraction of sp³-hybridized carbons (Fsp3) is 0.0800. The van der Waals surface area contributed by atoms with Crippen molar-refractivity contribution in [2.75, 3.05) is 10.0 Å². The molecule has 174 valence electrons. The second-order valence-corrected chi connectivity index (χ2v) is 9.09. The summed E-state index contributed by atoms with van der Waals surface area (Å²) in [5.74, 6) is 0.0868. The minimum Gasteiger partial charge on any atom is -0.486 e. The molecule has 0 saturated carbocycles. The molecule has 0 atom stereocenters. The number of sulfonamides is 1. The first-order valence-electron chi connectivity index (χ1n) is 10.3. The molecule has 4 aromatic rings. The molecule has 0 unspecified atom stereocenters. The fourth-order valence-corrected chi connectivity index (χ4v) is 4.19. The molecule has 0 bridgehead atoms. The summed E-state index contributed by atoms with van der Waals surface area (Å²) in [6.45, 7) is 1.88. The molecule has 0 aliphatic heterocycles. The lowest BCUT2D eigenvalue weighted by atomic mass is 10.2. The molecular formula is C25H21FN2O5S. The van der Waals surface area contributed by atoms with Crippen molar-refractivity contribution >= 4 is 27.3 Å². The zero-order valence-electron chi connectivity index (χ0n) is 18.1. The van der Waals surface area contributed by atoms with Crippen LogP contribution in [0.2, 0.25) is 0 Å². The van der Waals surface area contributed by atoms with E-state index in [4.69, 9.17) is 9.15 Å². The van der Waals surface area contributed by atoms with E-state index in [1.807, 2.05) is 19.1 Å². The summed E-state index contributed by atoms with van der Waals surface area (Å²) in [7, 11) is -3.78. The number of para-hydroxylation sites is 1. The Bertz CT molecular complexity index is 1400. The van der Waals surface area contributed by atoms with E-state index >= 15 is 0 Å². The van der Waals surface area contributed by atoms with Crippen molar-refractivity contribution in [3.8, 4) is 5.75 Å². The molecule has 34 heavy (non-hydrogen) atoms. The Morgan fingerprint density at radius 1 is 0.941 bits per heavy atom. The van der Waals surface area contributed by atoms with Crippen molar-refractivity contribution in [1.82, 2.24) is 0 Å². The second kappa shape index (κ2) is 9.80. The van der Waals surface area contributed by atoms with Crippen LogP contribution in [0.15, 0.2) is 94.2 Å². The van der Waals surface area contributed by atoms with Gasteiger partial charge in [0.05, 0.1) is 10.6 Å². The molecule has 9 heteroatoms. The number of nitrogens with one attached hydrogen (secondary N) is 2. The quantitative estimate of drug-likeness (QED) is 0.354. The van der Waals surface area contributed by atoms with E-state index in [-0.39, 0.29) is 23.1 Å². The van der Waals surface area contributed by atoms with E-state index < -0.39 is 15.9 Å². The van der Waals surface area contributed by atoms with E-state index in [1.165, 1.54) is 54.6 Å². The van der Waals surface area contributed by atoms with Gasteiger partial charge in [-0.15, -0.1) is 0 Å². The van der Waals surface area contributed by atoms with Gasteiger partial charge in [-0.1, -0.05) is 18.2 Å². The predicted molar refractivity (Wildman–Crippen MR) is 126 cm³/mol. The summed E-state index contributed by atoms with van der Waals surface area (Å²) in [5.41, 5.74) is 1.70. The molecule has 0 aliphatic rings. The van der Waals surface area contributed by atoms with E-state index in [2.05, 4.69) is 10.0 Å². The van der Waals surface area contributed by atoms with Crippen molar-refractivity contribution in [3.63, 3.8) is 0 Å². The Morgan fingerprint density at radius 2 is 1.65 bits per heavy atom. The van der Waals surface area contributed by atoms with E-state index in [1.54, 1.807) is 18.2 Å². The Morgan fingerprint density at radius 3 is 2.35 bits per heavy atom. The molecule has 1 heterocycles. The van der Waals surface area contributed by atoms with Gasteiger partial charge in [0.1, 0.15) is 23.9 Å². The van der Waals surface area contributed by atoms with Gasteiger partial charge >= 0.3 is 0 Å². The standard InChI is InChI=1S/C25H21FN2O5S/c1-17-4-2-3-5-23(17)28-34(30,31)22-13-8-19(9-14-22)27-25(29)24-15-12-21(33-24)16-32-20-10-6-18(26)7-11-20/h2-15,28H,16H2,1H3,(H,27,29). The van der Waals surface area contributed by atoms with Gasteiger partial charge in [-0.05, 0) is 79.2 Å². The van der Waals surface area contributed by atoms with Crippen LogP contribution in [0.1, 0.15) is 21.9 Å². The minimum absolute atomic E-state index is 0.0620. The maximum Gasteiger partial charge on any atom is 0.291 e. The van der Waals surface area contributed by atoms with Crippen LogP contribution in [-0.2, 0) is 16.6 Å². The smallest absolute Gasteiger partial charge is 0.291 e. The van der Waals surface area contributed by atoms with Crippen LogP contribution in [-0.4, -0.2) is 14.3 Å². The van der Waals surface area contributed by atoms with Gasteiger partial charge in [0, 0.05) is 5.69 Å². The summed E-state index contributed by atoms with van der Waals surface area (Å²) in [4.78, 5) is 12.5. The minimum atomic E-state index is -3.78. The van der Waals surface area contributed by atoms with Crippen LogP contribution in [0.3, 0.4) is 0 Å². The Hall–Kier alpha value is -4.11. The van der Waals surface area contributed by atoms with Crippen molar-refractivity contribution < 1.29 is 26.8 Å². The van der Waals surface area contributed by atoms with Crippen molar-refractivity contribution in [1.29, 1.82) is 0 Å². The normalized spacial score (nSPS) is 11.1. The first-order chi connectivity index (χ1) is 16.3. The lowest BCUT2D eigenvalue weighted by molar-refractivity contribution is 0.0992. The summed E-state index contributed by atoms with van der Waals surface area (Å²) >= 11 is 0. The number of carbonyl (C=O) groups is 1. The van der Waals surface area contributed by atoms with Crippen LogP contribution >= 0.6 is 0 Å². The number of benzene rings is 3. The predicted octanol–water partition coefficient (Wildman–Crippen LogP) is 5.36. The molecule has 4 rings (SSSR count). The topological polar surface area (TPSA) is 97.6 Å². The molecule has 1 amide bonds. The van der Waals surface area contributed by atoms with E-state index in [9.17, 15) is 17.6 Å². The lowest BCUT2D eigenvalue weighted by Gasteiger charge is -2.11. The third-order valence-corrected chi connectivity index (χ3v) is 6.27. The number of hydrogen-bond acceptors (Lipinski definition) is 5. The number of amides is 1. The monoisotopic (exact) mass is 480 g/mol. The molecule has 1 aromatic heterocycles. The number of aryl methyl sites for hydroxylation is 1. The Kier molecular flexibility index (Phi) is 6.65. The number of anilines is 2. The zero-order valence-corrected chi connectivity index (χ0v) is 18.9. The number of halogens is 1. The van der Waals surface area contributed by atoms with E-state index in [0.29, 0.717) is 22.9 Å². The zero-order chi connectivity index (χ0) is 24.1. The summed E-state index contributed by atoms with van der Waals surface area (Å²) in [6, 6.07) is 21.5. The summed E-state index contributed by atoms with van der Waals surface area (Å²) in [6.07, 6.45) is 0. The number of hydrogen-bond donors (Lipinski definition) is 2. The largest absolute Gasteiger partial charge is 0.486 e. The SMILES string of the molecule is Cc1ccccc1NS(=O)(=O)c1ccc(NC(=O)c2ccc(COc3ccc(F)cc3)o2)cc1. The van der Waals surface area contributed by atoms with Crippen molar-refractivity contribution in [3.05, 3.63) is 108 Å². The molecule has 0 spiro atoms. The Labute approximate surface area is 196 Å². The van der Waals surface area contributed by atoms with Crippen LogP contribution in [0.5, 0.6) is 5.75 Å². The Balaban J connectivity index is 1.36. The van der Waals surface area contributed by atoms with Gasteiger partial charge in [-0.25, -0.2) is 12.8 Å². The second-order valence-electron chi connectivity index (χ2n) is 7.41. The molecule has 0 fully saturated rings. The number of furan rings is 1. The van der Waals surface area contributed by atoms with Gasteiger partial charge in [0.2, 0.25) is 0 Å². The maximum atomic E-state index is 13.0. The average molecular weight is 481 g/mol. The first-order valence-corrected chi connectivity index (χ1v) is 11.8. The van der Waals surface area contributed by atoms with Gasteiger partial charge in [0.15, 0.2) is 5.76 Å². The number of carbonyl (C=O) groups excluding carboxylic acids is 1. The molecule has 7 nitrogen and oxygen atoms in total. The molecule has 0 saturated heterocycles. The van der Waals surface area contributed by atoms with Gasteiger partial charge < -0.3 is 14.5 Å². The van der Waals surface area contributed by atoms with Gasteiger partial charge in [-0.2, -0.15) is 0 Å². The highest BCUT2D eigenvalue weighted by molar-refractivity contribution is 7.92. The maximum absolute atomic E-state index is 13.0. The third-order valence-electron chi connectivity index (χ3n) is 4.89. The lowest BCUT2D eigenvalue weighted by Crippen LogP contribution is -2.14. The number of ether oxygens (including phenoxy) is 1. The van der Waals surface area contributed by atoms with Crippen LogP contribution in [0.4, 0.5) is 15.8 Å². The third kappa shape index (κ3) is 5.62. The molecule has 0 radical (unpaired) electrons.